The summed E-state index contributed by atoms with van der Waals surface area (Å²) in [6.07, 6.45) is 5.07. The molecule has 1 aliphatic carbocycles. The predicted molar refractivity (Wildman–Crippen MR) is 79.0 cm³/mol. The average Bonchev–Trinajstić information content (AvgIpc) is 2.92. The highest BCUT2D eigenvalue weighted by Crippen LogP contribution is 2.27. The van der Waals surface area contributed by atoms with Crippen LogP contribution in [0.4, 0.5) is 0 Å². The lowest BCUT2D eigenvalue weighted by Gasteiger charge is -2.19. The molecule has 0 spiro atoms. The van der Waals surface area contributed by atoms with Crippen LogP contribution in [-0.4, -0.2) is 22.9 Å². The Kier molecular flexibility index (Phi) is 3.75. The van der Waals surface area contributed by atoms with Crippen LogP contribution in [0.1, 0.15) is 46.1 Å². The number of fused-ring (bicyclic) bond motifs is 1. The van der Waals surface area contributed by atoms with Crippen molar-refractivity contribution in [2.24, 2.45) is 5.73 Å². The van der Waals surface area contributed by atoms with E-state index >= 15 is 0 Å². The first-order valence-electron chi connectivity index (χ1n) is 7.16. The molecule has 0 radical (unpaired) electrons. The van der Waals surface area contributed by atoms with E-state index in [0.717, 1.165) is 24.8 Å². The molecule has 0 bridgehead atoms. The van der Waals surface area contributed by atoms with Crippen molar-refractivity contribution in [3.05, 3.63) is 52.8 Å². The molecule has 1 unspecified atom stereocenters. The van der Waals surface area contributed by atoms with E-state index < -0.39 is 0 Å². The second-order valence-electron chi connectivity index (χ2n) is 5.39. The number of carbonyl (C=O) groups is 1. The highest BCUT2D eigenvalue weighted by molar-refractivity contribution is 5.89. The topological polar surface area (TPSA) is 70.1 Å². The number of ether oxygens (including phenoxy) is 1. The zero-order valence-electron chi connectivity index (χ0n) is 12.1. The van der Waals surface area contributed by atoms with Crippen LogP contribution in [0, 0.1) is 0 Å². The minimum absolute atomic E-state index is 0.115. The Balaban J connectivity index is 1.79. The monoisotopic (exact) mass is 285 g/mol. The van der Waals surface area contributed by atoms with Gasteiger partial charge in [-0.3, -0.25) is 4.68 Å². The van der Waals surface area contributed by atoms with Crippen LogP contribution in [0.15, 0.2) is 30.5 Å². The van der Waals surface area contributed by atoms with Gasteiger partial charge in [0.2, 0.25) is 0 Å². The molecule has 0 aliphatic heterocycles. The smallest absolute Gasteiger partial charge is 0.337 e. The van der Waals surface area contributed by atoms with Crippen molar-refractivity contribution in [2.75, 3.05) is 7.11 Å². The molecule has 3 rings (SSSR count). The minimum atomic E-state index is -0.316. The molecular formula is C16H19N3O2. The van der Waals surface area contributed by atoms with E-state index in [4.69, 9.17) is 10.5 Å². The fourth-order valence-corrected chi connectivity index (χ4v) is 2.83. The van der Waals surface area contributed by atoms with Crippen LogP contribution in [0.25, 0.3) is 0 Å². The normalized spacial score (nSPS) is 17.3. The molecule has 2 N–H and O–H groups in total. The first-order valence-corrected chi connectivity index (χ1v) is 7.16. The van der Waals surface area contributed by atoms with Crippen LogP contribution < -0.4 is 5.73 Å². The quantitative estimate of drug-likeness (QED) is 0.876. The van der Waals surface area contributed by atoms with Crippen molar-refractivity contribution >= 4 is 5.97 Å². The summed E-state index contributed by atoms with van der Waals surface area (Å²) < 4.78 is 6.71. The SMILES string of the molecule is COC(=O)c1ccc(Cn2ncc3c2CCCC3N)cc1. The maximum absolute atomic E-state index is 11.4. The van der Waals surface area contributed by atoms with Crippen LogP contribution in [-0.2, 0) is 17.7 Å². The molecule has 5 nitrogen and oxygen atoms in total. The van der Waals surface area contributed by atoms with Gasteiger partial charge < -0.3 is 10.5 Å². The van der Waals surface area contributed by atoms with Gasteiger partial charge in [-0.25, -0.2) is 4.79 Å². The third-order valence-electron chi connectivity index (χ3n) is 4.02. The van der Waals surface area contributed by atoms with Crippen molar-refractivity contribution in [1.82, 2.24) is 9.78 Å². The van der Waals surface area contributed by atoms with E-state index in [9.17, 15) is 4.79 Å². The summed E-state index contributed by atoms with van der Waals surface area (Å²) in [4.78, 5) is 11.4. The van der Waals surface area contributed by atoms with Crippen LogP contribution in [0.3, 0.4) is 0 Å². The van der Waals surface area contributed by atoms with Gasteiger partial charge in [0.05, 0.1) is 25.4 Å². The van der Waals surface area contributed by atoms with E-state index in [2.05, 4.69) is 5.10 Å². The van der Waals surface area contributed by atoms with Gasteiger partial charge in [-0.1, -0.05) is 12.1 Å². The molecule has 5 heteroatoms. The van der Waals surface area contributed by atoms with Crippen molar-refractivity contribution in [1.29, 1.82) is 0 Å². The number of nitrogens with zero attached hydrogens (tertiary/aromatic N) is 2. The number of hydrogen-bond donors (Lipinski definition) is 1. The second kappa shape index (κ2) is 5.69. The number of carbonyl (C=O) groups excluding carboxylic acids is 1. The fraction of sp³-hybridized carbons (Fsp3) is 0.375. The largest absolute Gasteiger partial charge is 0.465 e. The van der Waals surface area contributed by atoms with Crippen molar-refractivity contribution in [2.45, 2.75) is 31.8 Å². The van der Waals surface area contributed by atoms with Crippen molar-refractivity contribution in [3.63, 3.8) is 0 Å². The number of hydrogen-bond acceptors (Lipinski definition) is 4. The zero-order valence-corrected chi connectivity index (χ0v) is 12.1. The lowest BCUT2D eigenvalue weighted by molar-refractivity contribution is 0.0600. The molecule has 110 valence electrons. The summed E-state index contributed by atoms with van der Waals surface area (Å²) in [6.45, 7) is 0.698. The molecule has 1 aromatic carbocycles. The van der Waals surface area contributed by atoms with Gasteiger partial charge >= 0.3 is 5.97 Å². The fourth-order valence-electron chi connectivity index (χ4n) is 2.83. The van der Waals surface area contributed by atoms with Crippen molar-refractivity contribution in [3.8, 4) is 0 Å². The number of benzene rings is 1. The summed E-state index contributed by atoms with van der Waals surface area (Å²) in [5.41, 5.74) is 10.2. The first-order chi connectivity index (χ1) is 10.2. The Labute approximate surface area is 123 Å². The standard InChI is InChI=1S/C16H19N3O2/c1-21-16(20)12-7-5-11(6-8-12)10-19-15-4-2-3-14(17)13(15)9-18-19/h5-9,14H,2-4,10,17H2,1H3. The summed E-state index contributed by atoms with van der Waals surface area (Å²) in [5.74, 6) is -0.316. The third kappa shape index (κ3) is 2.69. The van der Waals surface area contributed by atoms with E-state index in [-0.39, 0.29) is 12.0 Å². The summed E-state index contributed by atoms with van der Waals surface area (Å²) in [7, 11) is 1.38. The molecule has 1 heterocycles. The van der Waals surface area contributed by atoms with Crippen LogP contribution in [0.2, 0.25) is 0 Å². The molecule has 1 atom stereocenters. The molecule has 1 aliphatic rings. The molecule has 2 aromatic rings. The molecule has 0 saturated carbocycles. The van der Waals surface area contributed by atoms with E-state index in [0.29, 0.717) is 12.1 Å². The number of aromatic nitrogens is 2. The van der Waals surface area contributed by atoms with Gasteiger partial charge in [-0.05, 0) is 37.0 Å². The van der Waals surface area contributed by atoms with Crippen molar-refractivity contribution < 1.29 is 9.53 Å². The Morgan fingerprint density at radius 1 is 1.43 bits per heavy atom. The van der Waals surface area contributed by atoms with Crippen LogP contribution >= 0.6 is 0 Å². The number of nitrogens with two attached hydrogens (primary N) is 1. The highest BCUT2D eigenvalue weighted by atomic mass is 16.5. The zero-order chi connectivity index (χ0) is 14.8. The summed E-state index contributed by atoms with van der Waals surface area (Å²) in [5, 5.41) is 4.46. The third-order valence-corrected chi connectivity index (χ3v) is 4.02. The maximum Gasteiger partial charge on any atom is 0.337 e. The summed E-state index contributed by atoms with van der Waals surface area (Å²) >= 11 is 0. The second-order valence-corrected chi connectivity index (χ2v) is 5.39. The lowest BCUT2D eigenvalue weighted by atomic mass is 9.94. The number of esters is 1. The predicted octanol–water partition coefficient (Wildman–Crippen LogP) is 2.05. The van der Waals surface area contributed by atoms with Gasteiger partial charge in [-0.15, -0.1) is 0 Å². The highest BCUT2D eigenvalue weighted by Gasteiger charge is 2.21. The van der Waals surface area contributed by atoms with Gasteiger partial charge in [0, 0.05) is 17.3 Å². The summed E-state index contributed by atoms with van der Waals surface area (Å²) in [6, 6.07) is 7.54. The molecule has 0 saturated heterocycles. The average molecular weight is 285 g/mol. The Morgan fingerprint density at radius 2 is 2.19 bits per heavy atom. The Morgan fingerprint density at radius 3 is 2.90 bits per heavy atom. The number of methoxy groups -OCH3 is 1. The molecule has 0 fully saturated rings. The van der Waals surface area contributed by atoms with E-state index in [1.165, 1.54) is 18.4 Å². The Hall–Kier alpha value is -2.14. The Bertz CT molecular complexity index is 646. The van der Waals surface area contributed by atoms with E-state index in [1.54, 1.807) is 12.1 Å². The van der Waals surface area contributed by atoms with Crippen LogP contribution in [0.5, 0.6) is 0 Å². The van der Waals surface area contributed by atoms with Gasteiger partial charge in [0.1, 0.15) is 0 Å². The van der Waals surface area contributed by atoms with Gasteiger partial charge in [0.15, 0.2) is 0 Å². The molecule has 0 amide bonds. The molecular weight excluding hydrogens is 266 g/mol. The first kappa shape index (κ1) is 13.8. The van der Waals surface area contributed by atoms with Gasteiger partial charge in [-0.2, -0.15) is 5.10 Å². The number of rotatable bonds is 3. The minimum Gasteiger partial charge on any atom is -0.465 e. The maximum atomic E-state index is 11.4. The van der Waals surface area contributed by atoms with Gasteiger partial charge in [0.25, 0.3) is 0 Å². The molecule has 21 heavy (non-hydrogen) atoms. The van der Waals surface area contributed by atoms with E-state index in [1.807, 2.05) is 23.0 Å². The lowest BCUT2D eigenvalue weighted by Crippen LogP contribution is -2.18. The molecule has 1 aromatic heterocycles.